The minimum Gasteiger partial charge on any atom is -0.487 e. The van der Waals surface area contributed by atoms with Crippen molar-refractivity contribution in [3.63, 3.8) is 0 Å². The molecule has 0 heterocycles. The van der Waals surface area contributed by atoms with Gasteiger partial charge < -0.3 is 10.1 Å². The fraction of sp³-hybridized carbons (Fsp3) is 0.0909. The Bertz CT molecular complexity index is 1160. The predicted octanol–water partition coefficient (Wildman–Crippen LogP) is 6.40. The number of carbonyl (C=O) groups excluding carboxylic acids is 2. The van der Waals surface area contributed by atoms with Gasteiger partial charge in [0.1, 0.15) is 18.0 Å². The summed E-state index contributed by atoms with van der Waals surface area (Å²) in [6.07, 6.45) is -4.03. The first-order chi connectivity index (χ1) is 15.2. The molecule has 6 nitrogen and oxygen atoms in total. The van der Waals surface area contributed by atoms with Crippen LogP contribution in [-0.2, 0) is 12.8 Å². The highest BCUT2D eigenvalue weighted by Crippen LogP contribution is 2.32. The van der Waals surface area contributed by atoms with Gasteiger partial charge in [-0.2, -0.15) is 13.2 Å². The molecule has 1 N–H and O–H groups in total. The molecule has 0 saturated carbocycles. The summed E-state index contributed by atoms with van der Waals surface area (Å²) in [5, 5.41) is 5.36. The molecule has 0 spiro atoms. The molecule has 0 aliphatic rings. The molecule has 0 unspecified atom stereocenters. The fourth-order valence-corrected chi connectivity index (χ4v) is 3.10. The van der Waals surface area contributed by atoms with Crippen LogP contribution in [0.3, 0.4) is 0 Å². The highest BCUT2D eigenvalue weighted by Gasteiger charge is 2.30. The largest absolute Gasteiger partial charge is 0.487 e. The molecule has 0 aliphatic heterocycles. The van der Waals surface area contributed by atoms with Crippen molar-refractivity contribution < 1.29 is 27.5 Å². The number of nitrogens with zero attached hydrogens (tertiary/aromatic N) is 1. The van der Waals surface area contributed by atoms with Gasteiger partial charge >= 0.3 is 6.18 Å². The molecule has 0 fully saturated rings. The Labute approximate surface area is 184 Å². The summed E-state index contributed by atoms with van der Waals surface area (Å²) >= 11 is 6.17. The smallest absolute Gasteiger partial charge is 0.416 e. The first kappa shape index (κ1) is 23.0. The predicted molar refractivity (Wildman–Crippen MR) is 112 cm³/mol. The van der Waals surface area contributed by atoms with Crippen LogP contribution in [0.5, 0.6) is 5.75 Å². The molecular weight excluding hydrogens is 449 g/mol. The Morgan fingerprint density at radius 1 is 1.09 bits per heavy atom. The summed E-state index contributed by atoms with van der Waals surface area (Å²) in [6.45, 7) is -0.156. The molecule has 0 atom stereocenters. The Balaban J connectivity index is 1.73. The lowest BCUT2D eigenvalue weighted by atomic mass is 10.1. The lowest BCUT2D eigenvalue weighted by Crippen LogP contribution is -2.14. The van der Waals surface area contributed by atoms with Crippen molar-refractivity contribution >= 4 is 35.2 Å². The Morgan fingerprint density at radius 2 is 1.84 bits per heavy atom. The van der Waals surface area contributed by atoms with E-state index in [1.165, 1.54) is 48.5 Å². The molecule has 3 aromatic carbocycles. The van der Waals surface area contributed by atoms with Crippen molar-refractivity contribution in [3.05, 3.63) is 92.8 Å². The summed E-state index contributed by atoms with van der Waals surface area (Å²) in [5.41, 5.74) is -0.636. The van der Waals surface area contributed by atoms with Gasteiger partial charge in [0, 0.05) is 11.3 Å². The summed E-state index contributed by atoms with van der Waals surface area (Å²) in [7, 11) is 0. The van der Waals surface area contributed by atoms with E-state index in [2.05, 4.69) is 10.5 Å². The maximum atomic E-state index is 12.8. The molecule has 10 heteroatoms. The number of alkyl halides is 3. The van der Waals surface area contributed by atoms with Crippen LogP contribution >= 0.6 is 11.6 Å². The summed E-state index contributed by atoms with van der Waals surface area (Å²) in [4.78, 5) is 34.7. The number of aldehydes is 1. The molecule has 0 radical (unpaired) electrons. The topological polar surface area (TPSA) is 84.8 Å². The SMILES string of the molecule is O=Cc1cccc(N=O)c1C(=O)Nc1ccc(OCc2cccc(C(F)(F)F)c2)c(Cl)c1. The van der Waals surface area contributed by atoms with Gasteiger partial charge in [-0.15, -0.1) is 4.91 Å². The number of hydrogen-bond donors (Lipinski definition) is 1. The molecular formula is C22H14ClF3N2O4. The quantitative estimate of drug-likeness (QED) is 0.325. The number of benzene rings is 3. The van der Waals surface area contributed by atoms with Crippen molar-refractivity contribution in [1.82, 2.24) is 0 Å². The number of anilines is 1. The average molecular weight is 463 g/mol. The summed E-state index contributed by atoms with van der Waals surface area (Å²) in [6, 6.07) is 13.0. The maximum Gasteiger partial charge on any atom is 0.416 e. The molecule has 0 aliphatic carbocycles. The zero-order valence-electron chi connectivity index (χ0n) is 16.2. The van der Waals surface area contributed by atoms with Gasteiger partial charge in [0.25, 0.3) is 5.91 Å². The number of carbonyl (C=O) groups is 2. The lowest BCUT2D eigenvalue weighted by molar-refractivity contribution is -0.137. The molecule has 3 aromatic rings. The van der Waals surface area contributed by atoms with E-state index in [-0.39, 0.29) is 39.9 Å². The van der Waals surface area contributed by atoms with Gasteiger partial charge in [-0.25, -0.2) is 0 Å². The van der Waals surface area contributed by atoms with Gasteiger partial charge in [0.05, 0.1) is 16.1 Å². The molecule has 0 aromatic heterocycles. The molecule has 0 bridgehead atoms. The summed E-state index contributed by atoms with van der Waals surface area (Å²) < 4.78 is 44.0. The number of ether oxygens (including phenoxy) is 1. The van der Waals surface area contributed by atoms with Gasteiger partial charge in [0.2, 0.25) is 0 Å². The van der Waals surface area contributed by atoms with E-state index in [0.29, 0.717) is 11.8 Å². The van der Waals surface area contributed by atoms with Crippen LogP contribution in [0.25, 0.3) is 0 Å². The van der Waals surface area contributed by atoms with Gasteiger partial charge in [-0.1, -0.05) is 35.9 Å². The molecule has 0 saturated heterocycles. The number of amides is 1. The standard InChI is InChI=1S/C22H14ClF3N2O4/c23-17-10-16(27-21(30)20-14(11-29)4-2-6-18(20)28-31)7-8-19(17)32-12-13-3-1-5-15(9-13)22(24,25)26/h1-11H,12H2,(H,27,30). The Morgan fingerprint density at radius 3 is 2.50 bits per heavy atom. The second kappa shape index (κ2) is 9.61. The van der Waals surface area contributed by atoms with E-state index in [4.69, 9.17) is 16.3 Å². The van der Waals surface area contributed by atoms with Crippen LogP contribution in [0.2, 0.25) is 5.02 Å². The molecule has 1 amide bonds. The van der Waals surface area contributed by atoms with E-state index in [1.54, 1.807) is 0 Å². The third-order valence-electron chi connectivity index (χ3n) is 4.37. The van der Waals surface area contributed by atoms with Crippen molar-refractivity contribution in [2.75, 3.05) is 5.32 Å². The van der Waals surface area contributed by atoms with E-state index in [0.717, 1.165) is 12.1 Å². The minimum absolute atomic E-state index is 0.00765. The van der Waals surface area contributed by atoms with Crippen LogP contribution in [0, 0.1) is 4.91 Å². The third-order valence-corrected chi connectivity index (χ3v) is 4.66. The summed E-state index contributed by atoms with van der Waals surface area (Å²) in [5.74, 6) is -0.554. The van der Waals surface area contributed by atoms with Crippen LogP contribution in [-0.4, -0.2) is 12.2 Å². The monoisotopic (exact) mass is 462 g/mol. The van der Waals surface area contributed by atoms with E-state index in [1.807, 2.05) is 0 Å². The van der Waals surface area contributed by atoms with Gasteiger partial charge in [-0.05, 0) is 47.1 Å². The zero-order valence-corrected chi connectivity index (χ0v) is 16.9. The van der Waals surface area contributed by atoms with E-state index < -0.39 is 17.6 Å². The van der Waals surface area contributed by atoms with E-state index in [9.17, 15) is 27.7 Å². The molecule has 164 valence electrons. The number of rotatable bonds is 7. The van der Waals surface area contributed by atoms with Crippen LogP contribution in [0.15, 0.2) is 65.8 Å². The van der Waals surface area contributed by atoms with Crippen LogP contribution in [0.4, 0.5) is 24.5 Å². The fourth-order valence-electron chi connectivity index (χ4n) is 2.87. The number of hydrogen-bond acceptors (Lipinski definition) is 5. The average Bonchev–Trinajstić information content (AvgIpc) is 2.77. The lowest BCUT2D eigenvalue weighted by Gasteiger charge is -2.12. The van der Waals surface area contributed by atoms with E-state index >= 15 is 0 Å². The van der Waals surface area contributed by atoms with Gasteiger partial charge in [-0.3, -0.25) is 9.59 Å². The van der Waals surface area contributed by atoms with Crippen LogP contribution < -0.4 is 10.1 Å². The first-order valence-corrected chi connectivity index (χ1v) is 9.42. The highest BCUT2D eigenvalue weighted by molar-refractivity contribution is 6.32. The first-order valence-electron chi connectivity index (χ1n) is 9.04. The van der Waals surface area contributed by atoms with Gasteiger partial charge in [0.15, 0.2) is 6.29 Å². The molecule has 32 heavy (non-hydrogen) atoms. The Kier molecular flexibility index (Phi) is 6.89. The Hall–Kier alpha value is -3.72. The number of nitrogens with one attached hydrogen (secondary N) is 1. The second-order valence-corrected chi connectivity index (χ2v) is 6.94. The third kappa shape index (κ3) is 5.30. The van der Waals surface area contributed by atoms with Crippen molar-refractivity contribution in [2.45, 2.75) is 12.8 Å². The second-order valence-electron chi connectivity index (χ2n) is 6.54. The van der Waals surface area contributed by atoms with Crippen molar-refractivity contribution in [1.29, 1.82) is 0 Å². The molecule has 3 rings (SSSR count). The zero-order chi connectivity index (χ0) is 23.3. The maximum absolute atomic E-state index is 12.8. The van der Waals surface area contributed by atoms with Crippen molar-refractivity contribution in [2.24, 2.45) is 5.18 Å². The number of nitroso groups, excluding NO2 is 1. The normalized spacial score (nSPS) is 11.0. The van der Waals surface area contributed by atoms with Crippen LogP contribution in [0.1, 0.15) is 31.8 Å². The highest BCUT2D eigenvalue weighted by atomic mass is 35.5. The van der Waals surface area contributed by atoms with Crippen molar-refractivity contribution in [3.8, 4) is 5.75 Å². The number of halogens is 4. The minimum atomic E-state index is -4.46.